The fourth-order valence-electron chi connectivity index (χ4n) is 4.42. The number of aliphatic hydroxyl groups is 2. The molecule has 168 valence electrons. The molecule has 2 atom stereocenters. The maximum atomic E-state index is 12.1. The SMILES string of the molecule is CCCCCCCC/C=C\CCCCCCCC(=O)OC1(C2(O)CCC2O)CC1. The van der Waals surface area contributed by atoms with E-state index in [4.69, 9.17) is 4.74 Å². The minimum atomic E-state index is -1.19. The van der Waals surface area contributed by atoms with Crippen LogP contribution in [0.15, 0.2) is 12.2 Å². The van der Waals surface area contributed by atoms with E-state index in [9.17, 15) is 15.0 Å². The van der Waals surface area contributed by atoms with Crippen molar-refractivity contribution in [3.63, 3.8) is 0 Å². The molecule has 2 N–H and O–H groups in total. The lowest BCUT2D eigenvalue weighted by Gasteiger charge is -2.47. The van der Waals surface area contributed by atoms with E-state index in [-0.39, 0.29) is 5.97 Å². The maximum absolute atomic E-state index is 12.1. The van der Waals surface area contributed by atoms with Crippen LogP contribution in [0.1, 0.15) is 122 Å². The highest BCUT2D eigenvalue weighted by atomic mass is 16.6. The third-order valence-corrected chi connectivity index (χ3v) is 6.80. The summed E-state index contributed by atoms with van der Waals surface area (Å²) in [5, 5.41) is 20.3. The Kier molecular flexibility index (Phi) is 10.7. The molecule has 4 nitrogen and oxygen atoms in total. The standard InChI is InChI=1S/C25H44O4/c1-2-3-4-5-6-7-8-9-10-11-12-13-14-15-16-17-23(27)29-24(20-21-24)25(28)19-18-22(25)26/h9-10,22,26,28H,2-8,11-21H2,1H3/b10-9-. The van der Waals surface area contributed by atoms with Gasteiger partial charge in [-0.3, -0.25) is 4.79 Å². The van der Waals surface area contributed by atoms with E-state index in [1.54, 1.807) is 0 Å². The van der Waals surface area contributed by atoms with Crippen LogP contribution in [-0.4, -0.2) is 33.5 Å². The lowest BCUT2D eigenvalue weighted by atomic mass is 9.71. The molecule has 0 spiro atoms. The van der Waals surface area contributed by atoms with Gasteiger partial charge in [-0.15, -0.1) is 0 Å². The van der Waals surface area contributed by atoms with Gasteiger partial charge in [0.15, 0.2) is 0 Å². The van der Waals surface area contributed by atoms with Crippen LogP contribution in [0.4, 0.5) is 0 Å². The molecule has 4 heteroatoms. The fraction of sp³-hybridized carbons (Fsp3) is 0.880. The van der Waals surface area contributed by atoms with Crippen molar-refractivity contribution < 1.29 is 19.7 Å². The van der Waals surface area contributed by atoms with Gasteiger partial charge >= 0.3 is 5.97 Å². The summed E-state index contributed by atoms with van der Waals surface area (Å²) < 4.78 is 5.59. The third-order valence-electron chi connectivity index (χ3n) is 6.80. The number of ether oxygens (including phenoxy) is 1. The van der Waals surface area contributed by atoms with E-state index in [1.165, 1.54) is 64.2 Å². The van der Waals surface area contributed by atoms with Crippen LogP contribution in [0.25, 0.3) is 0 Å². The molecule has 2 fully saturated rings. The lowest BCUT2D eigenvalue weighted by molar-refractivity contribution is -0.227. The highest BCUT2D eigenvalue weighted by Gasteiger charge is 2.68. The molecule has 2 aliphatic rings. The minimum Gasteiger partial charge on any atom is -0.456 e. The Morgan fingerprint density at radius 3 is 1.93 bits per heavy atom. The second kappa shape index (κ2) is 12.7. The number of unbranched alkanes of at least 4 members (excludes halogenated alkanes) is 11. The first-order valence-corrected chi connectivity index (χ1v) is 12.3. The average molecular weight is 409 g/mol. The van der Waals surface area contributed by atoms with Gasteiger partial charge in [-0.05, 0) is 57.8 Å². The van der Waals surface area contributed by atoms with E-state index >= 15 is 0 Å². The fourth-order valence-corrected chi connectivity index (χ4v) is 4.42. The summed E-state index contributed by atoms with van der Waals surface area (Å²) >= 11 is 0. The molecule has 0 amide bonds. The normalized spacial score (nSPS) is 25.1. The highest BCUT2D eigenvalue weighted by Crippen LogP contribution is 2.56. The molecule has 2 rings (SSSR count). The molecule has 0 saturated heterocycles. The monoisotopic (exact) mass is 408 g/mol. The van der Waals surface area contributed by atoms with Gasteiger partial charge in [-0.2, -0.15) is 0 Å². The molecule has 0 aromatic heterocycles. The second-order valence-electron chi connectivity index (χ2n) is 9.28. The summed E-state index contributed by atoms with van der Waals surface area (Å²) in [6.45, 7) is 2.26. The molecule has 0 aromatic carbocycles. The molecule has 0 heterocycles. The Balaban J connectivity index is 1.38. The zero-order valence-electron chi connectivity index (χ0n) is 18.7. The molecular weight excluding hydrogens is 364 g/mol. The van der Waals surface area contributed by atoms with Crippen LogP contribution in [-0.2, 0) is 9.53 Å². The maximum Gasteiger partial charge on any atom is 0.306 e. The van der Waals surface area contributed by atoms with E-state index in [0.29, 0.717) is 32.1 Å². The van der Waals surface area contributed by atoms with E-state index in [2.05, 4.69) is 19.1 Å². The van der Waals surface area contributed by atoms with Crippen molar-refractivity contribution in [1.29, 1.82) is 0 Å². The second-order valence-corrected chi connectivity index (χ2v) is 9.28. The van der Waals surface area contributed by atoms with Crippen molar-refractivity contribution in [3.8, 4) is 0 Å². The summed E-state index contributed by atoms with van der Waals surface area (Å²) in [7, 11) is 0. The van der Waals surface area contributed by atoms with Crippen LogP contribution < -0.4 is 0 Å². The first-order valence-electron chi connectivity index (χ1n) is 12.3. The summed E-state index contributed by atoms with van der Waals surface area (Å²) in [6.07, 6.45) is 22.9. The Morgan fingerprint density at radius 2 is 1.45 bits per heavy atom. The van der Waals surface area contributed by atoms with Crippen molar-refractivity contribution in [3.05, 3.63) is 12.2 Å². The highest BCUT2D eigenvalue weighted by molar-refractivity contribution is 5.70. The van der Waals surface area contributed by atoms with Crippen molar-refractivity contribution in [2.45, 2.75) is 140 Å². The number of esters is 1. The number of hydrogen-bond donors (Lipinski definition) is 2. The predicted molar refractivity (Wildman–Crippen MR) is 118 cm³/mol. The Hall–Kier alpha value is -0.870. The lowest BCUT2D eigenvalue weighted by Crippen LogP contribution is -2.62. The number of aliphatic hydroxyl groups excluding tert-OH is 1. The van der Waals surface area contributed by atoms with Gasteiger partial charge in [0.05, 0.1) is 6.10 Å². The summed E-state index contributed by atoms with van der Waals surface area (Å²) in [5.74, 6) is -0.215. The van der Waals surface area contributed by atoms with Gasteiger partial charge in [-0.1, -0.05) is 70.4 Å². The molecule has 29 heavy (non-hydrogen) atoms. The molecule has 0 bridgehead atoms. The van der Waals surface area contributed by atoms with Gasteiger partial charge in [0.2, 0.25) is 0 Å². The molecule has 0 radical (unpaired) electrons. The average Bonchev–Trinajstić information content (AvgIpc) is 3.49. The number of carbonyl (C=O) groups excluding carboxylic acids is 1. The van der Waals surface area contributed by atoms with Crippen molar-refractivity contribution in [2.75, 3.05) is 0 Å². The third kappa shape index (κ3) is 7.71. The van der Waals surface area contributed by atoms with E-state index < -0.39 is 17.3 Å². The van der Waals surface area contributed by atoms with Gasteiger partial charge in [0.25, 0.3) is 0 Å². The van der Waals surface area contributed by atoms with Crippen molar-refractivity contribution in [2.24, 2.45) is 0 Å². The van der Waals surface area contributed by atoms with Crippen molar-refractivity contribution in [1.82, 2.24) is 0 Å². The Bertz CT molecular complexity index is 497. The number of hydrogen-bond acceptors (Lipinski definition) is 4. The summed E-state index contributed by atoms with van der Waals surface area (Å²) in [5.41, 5.74) is -1.98. The molecule has 2 unspecified atom stereocenters. The van der Waals surface area contributed by atoms with Crippen LogP contribution >= 0.6 is 0 Å². The van der Waals surface area contributed by atoms with Gasteiger partial charge < -0.3 is 14.9 Å². The van der Waals surface area contributed by atoms with E-state index in [1.807, 2.05) is 0 Å². The number of rotatable bonds is 17. The molecule has 0 aromatic rings. The molecule has 2 saturated carbocycles. The molecule has 2 aliphatic carbocycles. The summed E-state index contributed by atoms with van der Waals surface area (Å²) in [4.78, 5) is 12.1. The van der Waals surface area contributed by atoms with Gasteiger partial charge in [0.1, 0.15) is 11.2 Å². The van der Waals surface area contributed by atoms with E-state index in [0.717, 1.165) is 19.3 Å². The largest absolute Gasteiger partial charge is 0.456 e. The Labute approximate surface area is 178 Å². The molecular formula is C25H44O4. The molecule has 0 aliphatic heterocycles. The first-order chi connectivity index (χ1) is 14.0. The first kappa shape index (κ1) is 24.4. The van der Waals surface area contributed by atoms with Gasteiger partial charge in [-0.25, -0.2) is 0 Å². The zero-order chi connectivity index (χ0) is 21.0. The minimum absolute atomic E-state index is 0.215. The smallest absolute Gasteiger partial charge is 0.306 e. The predicted octanol–water partition coefficient (Wildman–Crippen LogP) is 5.99. The zero-order valence-corrected chi connectivity index (χ0v) is 18.7. The topological polar surface area (TPSA) is 66.8 Å². The van der Waals surface area contributed by atoms with Crippen molar-refractivity contribution >= 4 is 5.97 Å². The Morgan fingerprint density at radius 1 is 0.897 bits per heavy atom. The van der Waals surface area contributed by atoms with Crippen LogP contribution in [0, 0.1) is 0 Å². The van der Waals surface area contributed by atoms with Crippen LogP contribution in [0.3, 0.4) is 0 Å². The van der Waals surface area contributed by atoms with Gasteiger partial charge in [0, 0.05) is 6.42 Å². The van der Waals surface area contributed by atoms with Crippen LogP contribution in [0.5, 0.6) is 0 Å². The van der Waals surface area contributed by atoms with Crippen LogP contribution in [0.2, 0.25) is 0 Å². The summed E-state index contributed by atoms with van der Waals surface area (Å²) in [6, 6.07) is 0. The number of allylic oxidation sites excluding steroid dienone is 2. The quantitative estimate of drug-likeness (QED) is 0.176. The number of carbonyl (C=O) groups is 1.